The van der Waals surface area contributed by atoms with E-state index in [1.165, 1.54) is 13.2 Å². The number of rotatable bonds is 2. The molecule has 1 fully saturated rings. The van der Waals surface area contributed by atoms with Gasteiger partial charge in [-0.05, 0) is 6.07 Å². The molecule has 1 saturated heterocycles. The number of esters is 1. The van der Waals surface area contributed by atoms with Crippen molar-refractivity contribution in [1.29, 1.82) is 0 Å². The van der Waals surface area contributed by atoms with Crippen LogP contribution in [0.15, 0.2) is 10.9 Å². The average Bonchev–Trinajstić information content (AvgIpc) is 2.84. The standard InChI is InChI=1S/C10H10ClNO5/c1-15-9(14)7-6(11)4-5(8(13)12-7)10-16-2-3-17-10/h4,10H,2-3H2,1H3,(H,12,13). The fourth-order valence-corrected chi connectivity index (χ4v) is 1.73. The van der Waals surface area contributed by atoms with Gasteiger partial charge < -0.3 is 19.2 Å². The zero-order valence-corrected chi connectivity index (χ0v) is 9.74. The van der Waals surface area contributed by atoms with Gasteiger partial charge in [0.2, 0.25) is 0 Å². The number of carbonyl (C=O) groups excluding carboxylic acids is 1. The molecule has 0 aliphatic carbocycles. The van der Waals surface area contributed by atoms with Crippen LogP contribution in [0.2, 0.25) is 5.02 Å². The van der Waals surface area contributed by atoms with E-state index in [9.17, 15) is 9.59 Å². The fraction of sp³-hybridized carbons (Fsp3) is 0.400. The lowest BCUT2D eigenvalue weighted by molar-refractivity contribution is -0.0451. The Kier molecular flexibility index (Phi) is 3.46. The second-order valence-corrected chi connectivity index (χ2v) is 3.75. The number of hydrogen-bond donors (Lipinski definition) is 1. The van der Waals surface area contributed by atoms with Crippen LogP contribution in [-0.2, 0) is 14.2 Å². The minimum atomic E-state index is -0.733. The molecule has 0 spiro atoms. The molecule has 0 bridgehead atoms. The SMILES string of the molecule is COC(=O)c1[nH]c(=O)c(C2OCCO2)cc1Cl. The molecule has 2 heterocycles. The molecule has 1 aliphatic heterocycles. The van der Waals surface area contributed by atoms with Crippen molar-refractivity contribution in [1.82, 2.24) is 4.98 Å². The van der Waals surface area contributed by atoms with E-state index in [0.29, 0.717) is 13.2 Å². The highest BCUT2D eigenvalue weighted by atomic mass is 35.5. The third kappa shape index (κ3) is 2.33. The first kappa shape index (κ1) is 12.1. The first-order chi connectivity index (χ1) is 8.13. The summed E-state index contributed by atoms with van der Waals surface area (Å²) in [6, 6.07) is 1.35. The van der Waals surface area contributed by atoms with Crippen LogP contribution in [0.3, 0.4) is 0 Å². The predicted molar refractivity (Wildman–Crippen MR) is 58.1 cm³/mol. The van der Waals surface area contributed by atoms with Crippen LogP contribution >= 0.6 is 11.6 Å². The number of hydrogen-bond acceptors (Lipinski definition) is 5. The molecule has 2 rings (SSSR count). The van der Waals surface area contributed by atoms with Gasteiger partial charge in [-0.3, -0.25) is 4.79 Å². The van der Waals surface area contributed by atoms with Crippen LogP contribution in [0.25, 0.3) is 0 Å². The Morgan fingerprint density at radius 1 is 1.53 bits per heavy atom. The van der Waals surface area contributed by atoms with Crippen LogP contribution in [-0.4, -0.2) is 31.3 Å². The molecular formula is C10H10ClNO5. The number of nitrogens with one attached hydrogen (secondary N) is 1. The number of aromatic amines is 1. The summed E-state index contributed by atoms with van der Waals surface area (Å²) in [5.74, 6) is -0.702. The van der Waals surface area contributed by atoms with Crippen molar-refractivity contribution in [3.63, 3.8) is 0 Å². The van der Waals surface area contributed by atoms with Crippen LogP contribution in [0.1, 0.15) is 22.3 Å². The number of halogens is 1. The Balaban J connectivity index is 2.41. The first-order valence-corrected chi connectivity index (χ1v) is 5.25. The highest BCUT2D eigenvalue weighted by Crippen LogP contribution is 2.23. The summed E-state index contributed by atoms with van der Waals surface area (Å²) in [5.41, 5.74) is -0.331. The molecule has 1 N–H and O–H groups in total. The van der Waals surface area contributed by atoms with Gasteiger partial charge in [0.1, 0.15) is 5.69 Å². The highest BCUT2D eigenvalue weighted by molar-refractivity contribution is 6.33. The fourth-order valence-electron chi connectivity index (χ4n) is 1.48. The van der Waals surface area contributed by atoms with E-state index in [-0.39, 0.29) is 16.3 Å². The van der Waals surface area contributed by atoms with Crippen molar-refractivity contribution in [2.24, 2.45) is 0 Å². The van der Waals surface area contributed by atoms with Gasteiger partial charge in [0.15, 0.2) is 6.29 Å². The van der Waals surface area contributed by atoms with Gasteiger partial charge >= 0.3 is 5.97 Å². The summed E-state index contributed by atoms with van der Waals surface area (Å²) in [5, 5.41) is 0.0885. The van der Waals surface area contributed by atoms with E-state index in [2.05, 4.69) is 9.72 Å². The van der Waals surface area contributed by atoms with Gasteiger partial charge in [0, 0.05) is 0 Å². The van der Waals surface area contributed by atoms with Crippen molar-refractivity contribution in [2.75, 3.05) is 20.3 Å². The van der Waals surface area contributed by atoms with Crippen LogP contribution in [0, 0.1) is 0 Å². The summed E-state index contributed by atoms with van der Waals surface area (Å²) in [4.78, 5) is 25.3. The minimum absolute atomic E-state index is 0.0825. The largest absolute Gasteiger partial charge is 0.464 e. The number of methoxy groups -OCH3 is 1. The molecule has 0 unspecified atom stereocenters. The Bertz CT molecular complexity index is 492. The van der Waals surface area contributed by atoms with E-state index in [0.717, 1.165) is 0 Å². The number of ether oxygens (including phenoxy) is 3. The summed E-state index contributed by atoms with van der Waals surface area (Å²) in [6.45, 7) is 0.834. The maximum Gasteiger partial charge on any atom is 0.356 e. The van der Waals surface area contributed by atoms with Gasteiger partial charge in [0.05, 0.1) is 30.9 Å². The Labute approximate surface area is 101 Å². The Morgan fingerprint density at radius 3 is 2.76 bits per heavy atom. The molecule has 6 nitrogen and oxygen atoms in total. The van der Waals surface area contributed by atoms with Crippen molar-refractivity contribution in [2.45, 2.75) is 6.29 Å². The van der Waals surface area contributed by atoms with Crippen molar-refractivity contribution in [3.05, 3.63) is 32.7 Å². The maximum absolute atomic E-state index is 11.7. The van der Waals surface area contributed by atoms with Crippen molar-refractivity contribution in [3.8, 4) is 0 Å². The van der Waals surface area contributed by atoms with E-state index in [4.69, 9.17) is 21.1 Å². The zero-order chi connectivity index (χ0) is 12.4. The number of H-pyrrole nitrogens is 1. The van der Waals surface area contributed by atoms with Gasteiger partial charge in [-0.1, -0.05) is 11.6 Å². The van der Waals surface area contributed by atoms with Gasteiger partial charge in [-0.25, -0.2) is 4.79 Å². The van der Waals surface area contributed by atoms with Gasteiger partial charge in [-0.2, -0.15) is 0 Å². The number of carbonyl (C=O) groups is 1. The van der Waals surface area contributed by atoms with Crippen LogP contribution in [0.4, 0.5) is 0 Å². The molecular weight excluding hydrogens is 250 g/mol. The zero-order valence-electron chi connectivity index (χ0n) is 8.99. The van der Waals surface area contributed by atoms with Crippen LogP contribution in [0.5, 0.6) is 0 Å². The molecule has 0 atom stereocenters. The molecule has 92 valence electrons. The lowest BCUT2D eigenvalue weighted by Gasteiger charge is -2.10. The van der Waals surface area contributed by atoms with E-state index in [1.54, 1.807) is 0 Å². The molecule has 0 amide bonds. The lowest BCUT2D eigenvalue weighted by Crippen LogP contribution is -2.21. The first-order valence-electron chi connectivity index (χ1n) is 4.87. The normalized spacial score (nSPS) is 16.1. The van der Waals surface area contributed by atoms with E-state index in [1.807, 2.05) is 0 Å². The van der Waals surface area contributed by atoms with Crippen molar-refractivity contribution >= 4 is 17.6 Å². The molecule has 17 heavy (non-hydrogen) atoms. The van der Waals surface area contributed by atoms with E-state index < -0.39 is 17.8 Å². The molecule has 1 aromatic heterocycles. The Hall–Kier alpha value is -1.37. The second-order valence-electron chi connectivity index (χ2n) is 3.34. The molecule has 1 aliphatic rings. The van der Waals surface area contributed by atoms with E-state index >= 15 is 0 Å². The lowest BCUT2D eigenvalue weighted by atomic mass is 10.2. The smallest absolute Gasteiger partial charge is 0.356 e. The summed E-state index contributed by atoms with van der Waals surface area (Å²) in [6.07, 6.45) is -0.733. The number of pyridine rings is 1. The average molecular weight is 260 g/mol. The monoisotopic (exact) mass is 259 g/mol. The minimum Gasteiger partial charge on any atom is -0.464 e. The van der Waals surface area contributed by atoms with Gasteiger partial charge in [0.25, 0.3) is 5.56 Å². The molecule has 0 radical (unpaired) electrons. The topological polar surface area (TPSA) is 77.6 Å². The predicted octanol–water partition coefficient (Wildman–Crippen LogP) is 0.860. The quantitative estimate of drug-likeness (QED) is 0.797. The summed E-state index contributed by atoms with van der Waals surface area (Å²) >= 11 is 5.87. The summed E-state index contributed by atoms with van der Waals surface area (Å²) in [7, 11) is 1.20. The van der Waals surface area contributed by atoms with Crippen molar-refractivity contribution < 1.29 is 19.0 Å². The number of aromatic nitrogens is 1. The highest BCUT2D eigenvalue weighted by Gasteiger charge is 2.24. The third-order valence-electron chi connectivity index (χ3n) is 2.29. The Morgan fingerprint density at radius 2 is 2.18 bits per heavy atom. The van der Waals surface area contributed by atoms with Crippen LogP contribution < -0.4 is 5.56 Å². The molecule has 0 aromatic carbocycles. The second kappa shape index (κ2) is 4.87. The molecule has 1 aromatic rings. The third-order valence-corrected chi connectivity index (χ3v) is 2.59. The molecule has 0 saturated carbocycles. The molecule has 7 heteroatoms. The summed E-state index contributed by atoms with van der Waals surface area (Å²) < 4.78 is 14.9. The van der Waals surface area contributed by atoms with Gasteiger partial charge in [-0.15, -0.1) is 0 Å². The maximum atomic E-state index is 11.7.